The Morgan fingerprint density at radius 3 is 2.64 bits per heavy atom. The van der Waals surface area contributed by atoms with Gasteiger partial charge in [-0.3, -0.25) is 4.79 Å². The molecule has 1 aromatic rings. The van der Waals surface area contributed by atoms with E-state index in [4.69, 9.17) is 0 Å². The van der Waals surface area contributed by atoms with Crippen LogP contribution in [-0.4, -0.2) is 10.2 Å². The zero-order valence-electron chi connectivity index (χ0n) is 8.60. The summed E-state index contributed by atoms with van der Waals surface area (Å²) in [4.78, 5) is 11.4. The lowest BCUT2D eigenvalue weighted by molar-refractivity contribution is 0.599. The van der Waals surface area contributed by atoms with Gasteiger partial charge in [-0.25, -0.2) is 5.10 Å². The molecule has 0 saturated heterocycles. The molecule has 2 rings (SSSR count). The van der Waals surface area contributed by atoms with Crippen LogP contribution in [0.5, 0.6) is 0 Å². The van der Waals surface area contributed by atoms with E-state index in [0.29, 0.717) is 0 Å². The van der Waals surface area contributed by atoms with E-state index in [1.165, 1.54) is 31.2 Å². The first-order valence-corrected chi connectivity index (χ1v) is 5.36. The van der Waals surface area contributed by atoms with Crippen molar-refractivity contribution in [3.63, 3.8) is 0 Å². The van der Waals surface area contributed by atoms with Crippen molar-refractivity contribution in [3.8, 4) is 0 Å². The number of hydrogen-bond acceptors (Lipinski definition) is 2. The Bertz CT molecular complexity index is 381. The number of rotatable bonds is 0. The molecule has 0 unspecified atom stereocenters. The number of nitrogens with zero attached hydrogens (tertiary/aromatic N) is 1. The van der Waals surface area contributed by atoms with Gasteiger partial charge < -0.3 is 0 Å². The summed E-state index contributed by atoms with van der Waals surface area (Å²) < 4.78 is 0. The van der Waals surface area contributed by atoms with Gasteiger partial charge >= 0.3 is 0 Å². The molecule has 76 valence electrons. The van der Waals surface area contributed by atoms with Crippen LogP contribution in [0.15, 0.2) is 4.79 Å². The first kappa shape index (κ1) is 9.44. The highest BCUT2D eigenvalue weighted by atomic mass is 16.1. The maximum atomic E-state index is 11.4. The molecule has 0 fully saturated rings. The van der Waals surface area contributed by atoms with Crippen molar-refractivity contribution < 1.29 is 0 Å². The van der Waals surface area contributed by atoms with Crippen molar-refractivity contribution in [2.75, 3.05) is 0 Å². The van der Waals surface area contributed by atoms with E-state index in [1.807, 2.05) is 6.92 Å². The molecule has 0 spiro atoms. The zero-order chi connectivity index (χ0) is 9.97. The summed E-state index contributed by atoms with van der Waals surface area (Å²) in [5.41, 5.74) is 3.16. The highest BCUT2D eigenvalue weighted by molar-refractivity contribution is 5.27. The number of H-pyrrole nitrogens is 1. The van der Waals surface area contributed by atoms with E-state index in [9.17, 15) is 4.79 Å². The van der Waals surface area contributed by atoms with Crippen molar-refractivity contribution in [2.45, 2.75) is 45.4 Å². The van der Waals surface area contributed by atoms with Gasteiger partial charge in [0.25, 0.3) is 5.56 Å². The Kier molecular flexibility index (Phi) is 2.66. The standard InChI is InChI=1S/C11H16N2O/c1-8-9-6-4-2-3-5-7-10(9)12-13-11(8)14/h2-7H2,1H3,(H,13,14). The molecule has 14 heavy (non-hydrogen) atoms. The maximum absolute atomic E-state index is 11.4. The monoisotopic (exact) mass is 192 g/mol. The Balaban J connectivity index is 2.44. The Hall–Kier alpha value is -1.12. The smallest absolute Gasteiger partial charge is 0.267 e. The molecular weight excluding hydrogens is 176 g/mol. The molecule has 1 aliphatic rings. The van der Waals surface area contributed by atoms with Gasteiger partial charge in [0, 0.05) is 5.56 Å². The van der Waals surface area contributed by atoms with Crippen LogP contribution in [-0.2, 0) is 12.8 Å². The Morgan fingerprint density at radius 1 is 1.14 bits per heavy atom. The molecule has 1 N–H and O–H groups in total. The molecule has 0 aromatic carbocycles. The molecule has 0 bridgehead atoms. The first-order valence-electron chi connectivity index (χ1n) is 5.36. The third kappa shape index (κ3) is 1.72. The van der Waals surface area contributed by atoms with E-state index < -0.39 is 0 Å². The summed E-state index contributed by atoms with van der Waals surface area (Å²) in [5, 5.41) is 6.71. The minimum atomic E-state index is -0.0238. The van der Waals surface area contributed by atoms with Crippen LogP contribution in [0.2, 0.25) is 0 Å². The van der Waals surface area contributed by atoms with Gasteiger partial charge in [-0.1, -0.05) is 12.8 Å². The molecule has 1 aromatic heterocycles. The number of aromatic amines is 1. The van der Waals surface area contributed by atoms with E-state index in [-0.39, 0.29) is 5.56 Å². The van der Waals surface area contributed by atoms with Crippen LogP contribution >= 0.6 is 0 Å². The fourth-order valence-corrected chi connectivity index (χ4v) is 2.11. The van der Waals surface area contributed by atoms with Gasteiger partial charge in [0.05, 0.1) is 5.69 Å². The fraction of sp³-hybridized carbons (Fsp3) is 0.636. The Labute approximate surface area is 83.5 Å². The fourth-order valence-electron chi connectivity index (χ4n) is 2.11. The average molecular weight is 192 g/mol. The predicted octanol–water partition coefficient (Wildman–Crippen LogP) is 1.74. The minimum absolute atomic E-state index is 0.0238. The number of nitrogens with one attached hydrogen (secondary N) is 1. The lowest BCUT2D eigenvalue weighted by Crippen LogP contribution is -2.18. The summed E-state index contributed by atoms with van der Waals surface area (Å²) >= 11 is 0. The quantitative estimate of drug-likeness (QED) is 0.680. The van der Waals surface area contributed by atoms with Gasteiger partial charge in [-0.05, 0) is 38.2 Å². The lowest BCUT2D eigenvalue weighted by atomic mass is 9.95. The van der Waals surface area contributed by atoms with Crippen molar-refractivity contribution in [1.29, 1.82) is 0 Å². The summed E-state index contributed by atoms with van der Waals surface area (Å²) in [5.74, 6) is 0. The van der Waals surface area contributed by atoms with Crippen LogP contribution in [0, 0.1) is 6.92 Å². The van der Waals surface area contributed by atoms with Crippen LogP contribution < -0.4 is 5.56 Å². The largest absolute Gasteiger partial charge is 0.268 e. The van der Waals surface area contributed by atoms with Crippen LogP contribution in [0.4, 0.5) is 0 Å². The molecule has 3 nitrogen and oxygen atoms in total. The van der Waals surface area contributed by atoms with E-state index in [1.54, 1.807) is 0 Å². The summed E-state index contributed by atoms with van der Waals surface area (Å²) in [6.45, 7) is 1.90. The summed E-state index contributed by atoms with van der Waals surface area (Å²) in [7, 11) is 0. The first-order chi connectivity index (χ1) is 6.79. The summed E-state index contributed by atoms with van der Waals surface area (Å²) in [6.07, 6.45) is 7.01. The zero-order valence-corrected chi connectivity index (χ0v) is 8.60. The van der Waals surface area contributed by atoms with Crippen LogP contribution in [0.1, 0.15) is 42.5 Å². The second-order valence-electron chi connectivity index (χ2n) is 4.02. The maximum Gasteiger partial charge on any atom is 0.267 e. The third-order valence-electron chi connectivity index (χ3n) is 3.02. The molecule has 0 atom stereocenters. The van der Waals surface area contributed by atoms with Gasteiger partial charge in [-0.15, -0.1) is 0 Å². The van der Waals surface area contributed by atoms with Crippen molar-refractivity contribution in [3.05, 3.63) is 27.2 Å². The van der Waals surface area contributed by atoms with E-state index in [2.05, 4.69) is 10.2 Å². The topological polar surface area (TPSA) is 45.8 Å². The van der Waals surface area contributed by atoms with Crippen LogP contribution in [0.3, 0.4) is 0 Å². The number of aromatic nitrogens is 2. The lowest BCUT2D eigenvalue weighted by Gasteiger charge is -2.13. The number of aryl methyl sites for hydroxylation is 1. The third-order valence-corrected chi connectivity index (χ3v) is 3.02. The van der Waals surface area contributed by atoms with Crippen molar-refractivity contribution in [2.24, 2.45) is 0 Å². The van der Waals surface area contributed by atoms with Crippen LogP contribution in [0.25, 0.3) is 0 Å². The second-order valence-corrected chi connectivity index (χ2v) is 4.02. The number of fused-ring (bicyclic) bond motifs is 1. The second kappa shape index (κ2) is 3.95. The molecule has 1 heterocycles. The van der Waals surface area contributed by atoms with Crippen molar-refractivity contribution >= 4 is 0 Å². The predicted molar refractivity (Wildman–Crippen MR) is 55.5 cm³/mol. The SMILES string of the molecule is Cc1c2c(n[nH]c1=O)CCCCCC2. The molecule has 0 amide bonds. The highest BCUT2D eigenvalue weighted by Gasteiger charge is 2.12. The van der Waals surface area contributed by atoms with E-state index >= 15 is 0 Å². The molecule has 0 aliphatic heterocycles. The molecular formula is C11H16N2O. The molecule has 0 saturated carbocycles. The van der Waals surface area contributed by atoms with Gasteiger partial charge in [0.1, 0.15) is 0 Å². The highest BCUT2D eigenvalue weighted by Crippen LogP contribution is 2.18. The van der Waals surface area contributed by atoms with Gasteiger partial charge in [-0.2, -0.15) is 5.10 Å². The molecule has 3 heteroatoms. The normalized spacial score (nSPS) is 16.9. The van der Waals surface area contributed by atoms with Gasteiger partial charge in [0.2, 0.25) is 0 Å². The molecule has 1 aliphatic carbocycles. The average Bonchev–Trinajstić information content (AvgIpc) is 2.13. The number of hydrogen-bond donors (Lipinski definition) is 1. The minimum Gasteiger partial charge on any atom is -0.268 e. The Morgan fingerprint density at radius 2 is 1.86 bits per heavy atom. The van der Waals surface area contributed by atoms with Gasteiger partial charge in [0.15, 0.2) is 0 Å². The molecule has 0 radical (unpaired) electrons. The summed E-state index contributed by atoms with van der Waals surface area (Å²) in [6, 6.07) is 0. The van der Waals surface area contributed by atoms with Crippen molar-refractivity contribution in [1.82, 2.24) is 10.2 Å². The van der Waals surface area contributed by atoms with E-state index in [0.717, 1.165) is 24.1 Å².